The van der Waals surface area contributed by atoms with Crippen LogP contribution >= 0.6 is 34.5 Å². The molecule has 3 heterocycles. The number of carboxylic acids is 1. The van der Waals surface area contributed by atoms with Gasteiger partial charge < -0.3 is 19.3 Å². The zero-order valence-corrected chi connectivity index (χ0v) is 23.7. The van der Waals surface area contributed by atoms with Gasteiger partial charge in [-0.25, -0.2) is 9.78 Å². The maximum atomic E-state index is 11.4. The van der Waals surface area contributed by atoms with Crippen LogP contribution in [0.15, 0.2) is 40.9 Å². The average Bonchev–Trinajstić information content (AvgIpc) is 3.35. The van der Waals surface area contributed by atoms with Crippen LogP contribution in [0.2, 0.25) is 10.0 Å². The molecule has 7 nitrogen and oxygen atoms in total. The third-order valence-electron chi connectivity index (χ3n) is 8.39. The highest BCUT2D eigenvalue weighted by atomic mass is 35.5. The summed E-state index contributed by atoms with van der Waals surface area (Å²) in [5.74, 6) is 0.374. The van der Waals surface area contributed by atoms with Crippen molar-refractivity contribution in [1.29, 1.82) is 0 Å². The number of rotatable bonds is 7. The largest absolute Gasteiger partial charge is 0.478 e. The van der Waals surface area contributed by atoms with Gasteiger partial charge in [0.1, 0.15) is 11.5 Å². The molecule has 1 N–H and O–H groups in total. The van der Waals surface area contributed by atoms with E-state index in [9.17, 15) is 9.90 Å². The molecule has 1 aliphatic heterocycles. The van der Waals surface area contributed by atoms with E-state index >= 15 is 0 Å². The number of hydrogen-bond donors (Lipinski definition) is 1. The van der Waals surface area contributed by atoms with Crippen LogP contribution in [0.5, 0.6) is 0 Å². The van der Waals surface area contributed by atoms with E-state index in [1.807, 2.05) is 18.2 Å². The van der Waals surface area contributed by atoms with E-state index in [4.69, 9.17) is 37.4 Å². The molecule has 0 bridgehead atoms. The third-order valence-corrected chi connectivity index (χ3v) is 10.1. The van der Waals surface area contributed by atoms with Crippen molar-refractivity contribution < 1.29 is 19.2 Å². The summed E-state index contributed by atoms with van der Waals surface area (Å²) in [6.45, 7) is 3.60. The van der Waals surface area contributed by atoms with Crippen molar-refractivity contribution in [3.8, 4) is 11.3 Å². The van der Waals surface area contributed by atoms with Crippen LogP contribution in [0, 0.1) is 5.41 Å². The lowest BCUT2D eigenvalue weighted by Gasteiger charge is -2.44. The molecule has 10 heteroatoms. The number of carboxylic acid groups (broad SMARTS) is 1. The minimum atomic E-state index is -0.918. The number of carbonyl (C=O) groups is 1. The molecule has 3 aliphatic rings. The Hall–Kier alpha value is -2.65. The van der Waals surface area contributed by atoms with Crippen molar-refractivity contribution in [2.24, 2.45) is 5.41 Å². The van der Waals surface area contributed by atoms with Gasteiger partial charge in [-0.2, -0.15) is 0 Å². The van der Waals surface area contributed by atoms with E-state index in [1.54, 1.807) is 29.5 Å². The SMILES string of the molecule is CC1CC2(CC(OCc3c(-c4c(Cl)cccc4Cl)noc3C3CC3)C2)CN1c1nc2ccc(C(=O)O)cc2s1. The highest BCUT2D eigenvalue weighted by molar-refractivity contribution is 7.22. The summed E-state index contributed by atoms with van der Waals surface area (Å²) >= 11 is 14.6. The Labute approximate surface area is 239 Å². The average molecular weight is 585 g/mol. The van der Waals surface area contributed by atoms with Gasteiger partial charge in [0.2, 0.25) is 0 Å². The molecule has 202 valence electrons. The summed E-state index contributed by atoms with van der Waals surface area (Å²) in [6.07, 6.45) is 5.44. The molecule has 3 fully saturated rings. The first-order valence-corrected chi connectivity index (χ1v) is 14.8. The van der Waals surface area contributed by atoms with Crippen LogP contribution in [0.3, 0.4) is 0 Å². The molecule has 7 rings (SSSR count). The molecule has 4 aromatic rings. The van der Waals surface area contributed by atoms with E-state index in [0.29, 0.717) is 45.4 Å². The van der Waals surface area contributed by atoms with Crippen LogP contribution in [0.4, 0.5) is 5.13 Å². The highest BCUT2D eigenvalue weighted by Crippen LogP contribution is 2.54. The fraction of sp³-hybridized carbons (Fsp3) is 0.414. The van der Waals surface area contributed by atoms with E-state index in [0.717, 1.165) is 65.3 Å². The second-order valence-corrected chi connectivity index (χ2v) is 13.1. The first-order chi connectivity index (χ1) is 18.8. The number of anilines is 1. The number of ether oxygens (including phenoxy) is 1. The predicted octanol–water partition coefficient (Wildman–Crippen LogP) is 7.80. The summed E-state index contributed by atoms with van der Waals surface area (Å²) in [7, 11) is 0. The standard InChI is InChI=1S/C29H27Cl2N3O4S/c1-15-10-29(14-34(15)28-32-22-8-7-17(27(35)36)9-23(22)39-28)11-18(12-29)37-13-19-25(33-38-26(19)16-5-6-16)24-20(30)3-2-4-21(24)31/h2-4,7-9,15-16,18H,5-6,10-14H2,1H3,(H,35,36). The monoisotopic (exact) mass is 583 g/mol. The number of hydrogen-bond acceptors (Lipinski definition) is 7. The van der Waals surface area contributed by atoms with E-state index < -0.39 is 5.97 Å². The van der Waals surface area contributed by atoms with E-state index in [1.165, 1.54) is 0 Å². The molecule has 2 aromatic carbocycles. The number of fused-ring (bicyclic) bond motifs is 1. The zero-order valence-electron chi connectivity index (χ0n) is 21.3. The predicted molar refractivity (Wildman–Crippen MR) is 152 cm³/mol. The number of benzene rings is 2. The van der Waals surface area contributed by atoms with Crippen LogP contribution in [0.25, 0.3) is 21.5 Å². The maximum Gasteiger partial charge on any atom is 0.335 e. The van der Waals surface area contributed by atoms with E-state index in [2.05, 4.69) is 17.0 Å². The fourth-order valence-corrected chi connectivity index (χ4v) is 8.00. The Balaban J connectivity index is 1.04. The molecular weight excluding hydrogens is 557 g/mol. The Morgan fingerprint density at radius 2 is 1.97 bits per heavy atom. The van der Waals surface area contributed by atoms with Crippen molar-refractivity contribution >= 4 is 55.9 Å². The fourth-order valence-electron chi connectivity index (χ4n) is 6.31. The summed E-state index contributed by atoms with van der Waals surface area (Å²) in [5.41, 5.74) is 3.69. The summed E-state index contributed by atoms with van der Waals surface area (Å²) in [4.78, 5) is 18.6. The summed E-state index contributed by atoms with van der Waals surface area (Å²) in [5, 5.41) is 15.8. The normalized spacial score (nSPS) is 24.5. The van der Waals surface area contributed by atoms with Crippen LogP contribution in [0.1, 0.15) is 66.6 Å². The second-order valence-electron chi connectivity index (χ2n) is 11.3. The van der Waals surface area contributed by atoms with Gasteiger partial charge >= 0.3 is 5.97 Å². The Kier molecular flexibility index (Phi) is 6.15. The number of thiazole rings is 1. The summed E-state index contributed by atoms with van der Waals surface area (Å²) in [6, 6.07) is 11.0. The van der Waals surface area contributed by atoms with Gasteiger partial charge in [0.05, 0.1) is 38.5 Å². The number of aromatic nitrogens is 2. The van der Waals surface area contributed by atoms with Crippen molar-refractivity contribution in [2.45, 2.75) is 63.7 Å². The van der Waals surface area contributed by atoms with Gasteiger partial charge in [0, 0.05) is 29.6 Å². The lowest BCUT2D eigenvalue weighted by Crippen LogP contribution is -2.44. The second kappa shape index (κ2) is 9.47. The lowest BCUT2D eigenvalue weighted by atomic mass is 9.65. The van der Waals surface area contributed by atoms with Crippen LogP contribution < -0.4 is 4.90 Å². The van der Waals surface area contributed by atoms with Crippen LogP contribution in [-0.2, 0) is 11.3 Å². The first-order valence-electron chi connectivity index (χ1n) is 13.3. The topological polar surface area (TPSA) is 88.7 Å². The minimum Gasteiger partial charge on any atom is -0.478 e. The smallest absolute Gasteiger partial charge is 0.335 e. The Morgan fingerprint density at radius 1 is 1.21 bits per heavy atom. The number of nitrogens with zero attached hydrogens (tertiary/aromatic N) is 3. The summed E-state index contributed by atoms with van der Waals surface area (Å²) < 4.78 is 13.2. The molecule has 1 spiro atoms. The first kappa shape index (κ1) is 25.3. The quantitative estimate of drug-likeness (QED) is 0.237. The van der Waals surface area contributed by atoms with Gasteiger partial charge in [0.15, 0.2) is 5.13 Å². The molecule has 39 heavy (non-hydrogen) atoms. The Bertz CT molecular complexity index is 1570. The number of aromatic carboxylic acids is 1. The molecule has 2 saturated carbocycles. The highest BCUT2D eigenvalue weighted by Gasteiger charge is 2.52. The number of halogens is 2. The molecule has 2 aliphatic carbocycles. The van der Waals surface area contributed by atoms with Crippen molar-refractivity contribution in [1.82, 2.24) is 10.1 Å². The van der Waals surface area contributed by atoms with Gasteiger partial charge in [0.25, 0.3) is 0 Å². The van der Waals surface area contributed by atoms with Crippen molar-refractivity contribution in [3.63, 3.8) is 0 Å². The van der Waals surface area contributed by atoms with Gasteiger partial charge in [-0.15, -0.1) is 0 Å². The molecule has 0 radical (unpaired) electrons. The Morgan fingerprint density at radius 3 is 2.69 bits per heavy atom. The maximum absolute atomic E-state index is 11.4. The molecule has 2 aromatic heterocycles. The minimum absolute atomic E-state index is 0.169. The molecule has 1 atom stereocenters. The molecule has 1 saturated heterocycles. The van der Waals surface area contributed by atoms with E-state index in [-0.39, 0.29) is 11.5 Å². The van der Waals surface area contributed by atoms with Crippen molar-refractivity contribution in [3.05, 3.63) is 63.3 Å². The molecule has 0 amide bonds. The zero-order chi connectivity index (χ0) is 26.9. The van der Waals surface area contributed by atoms with Crippen LogP contribution in [-0.4, -0.2) is 39.9 Å². The molecule has 1 unspecified atom stereocenters. The van der Waals surface area contributed by atoms with Gasteiger partial charge in [-0.05, 0) is 74.8 Å². The lowest BCUT2D eigenvalue weighted by molar-refractivity contribution is -0.0805. The third kappa shape index (κ3) is 4.51. The van der Waals surface area contributed by atoms with Crippen molar-refractivity contribution in [2.75, 3.05) is 11.4 Å². The molecular formula is C29H27Cl2N3O4S. The van der Waals surface area contributed by atoms with Gasteiger partial charge in [-0.3, -0.25) is 0 Å². The van der Waals surface area contributed by atoms with Gasteiger partial charge in [-0.1, -0.05) is 45.8 Å².